The Bertz CT molecular complexity index is 236. The standard InChI is InChI=1S/C14H27NO/c1-11-14(16-10-9-15-11)7-5-12(6-8-14)13(2,3)4/h11-12,15H,5-10H2,1-4H3. The summed E-state index contributed by atoms with van der Waals surface area (Å²) < 4.78 is 6.12. The molecule has 1 spiro atoms. The molecule has 2 rings (SSSR count). The molecule has 0 amide bonds. The Morgan fingerprint density at radius 2 is 1.81 bits per heavy atom. The van der Waals surface area contributed by atoms with Gasteiger partial charge in [-0.1, -0.05) is 20.8 Å². The van der Waals surface area contributed by atoms with Crippen molar-refractivity contribution >= 4 is 0 Å². The maximum Gasteiger partial charge on any atom is 0.0832 e. The molecule has 0 radical (unpaired) electrons. The lowest BCUT2D eigenvalue weighted by atomic mass is 9.66. The molecule has 0 bridgehead atoms. The predicted octanol–water partition coefficient (Wildman–Crippen LogP) is 2.97. The van der Waals surface area contributed by atoms with Crippen LogP contribution in [0.1, 0.15) is 53.4 Å². The van der Waals surface area contributed by atoms with Crippen LogP contribution >= 0.6 is 0 Å². The largest absolute Gasteiger partial charge is 0.372 e. The second kappa shape index (κ2) is 4.30. The summed E-state index contributed by atoms with van der Waals surface area (Å²) in [4.78, 5) is 0. The van der Waals surface area contributed by atoms with E-state index in [0.29, 0.717) is 11.5 Å². The highest BCUT2D eigenvalue weighted by Crippen LogP contribution is 2.44. The Balaban J connectivity index is 1.98. The molecule has 1 aliphatic heterocycles. The van der Waals surface area contributed by atoms with Gasteiger partial charge in [-0.15, -0.1) is 0 Å². The van der Waals surface area contributed by atoms with Crippen LogP contribution in [0, 0.1) is 11.3 Å². The summed E-state index contributed by atoms with van der Waals surface area (Å²) in [5, 5.41) is 3.57. The average molecular weight is 225 g/mol. The number of morpholine rings is 1. The topological polar surface area (TPSA) is 21.3 Å². The van der Waals surface area contributed by atoms with Crippen LogP contribution in [-0.4, -0.2) is 24.8 Å². The fraction of sp³-hybridized carbons (Fsp3) is 1.00. The van der Waals surface area contributed by atoms with Crippen LogP contribution in [0.5, 0.6) is 0 Å². The molecule has 1 aliphatic carbocycles. The number of hydrogen-bond acceptors (Lipinski definition) is 2. The van der Waals surface area contributed by atoms with Gasteiger partial charge in [0.15, 0.2) is 0 Å². The van der Waals surface area contributed by atoms with Crippen molar-refractivity contribution in [2.24, 2.45) is 11.3 Å². The van der Waals surface area contributed by atoms with E-state index in [2.05, 4.69) is 33.0 Å². The molecule has 2 aliphatic rings. The van der Waals surface area contributed by atoms with Crippen molar-refractivity contribution in [1.82, 2.24) is 5.32 Å². The van der Waals surface area contributed by atoms with Gasteiger partial charge in [0.25, 0.3) is 0 Å². The van der Waals surface area contributed by atoms with Gasteiger partial charge >= 0.3 is 0 Å². The minimum Gasteiger partial charge on any atom is -0.372 e. The highest BCUT2D eigenvalue weighted by molar-refractivity contribution is 4.98. The van der Waals surface area contributed by atoms with E-state index in [1.165, 1.54) is 25.7 Å². The van der Waals surface area contributed by atoms with Crippen LogP contribution in [0.15, 0.2) is 0 Å². The zero-order valence-corrected chi connectivity index (χ0v) is 11.3. The van der Waals surface area contributed by atoms with E-state index in [0.717, 1.165) is 19.1 Å². The van der Waals surface area contributed by atoms with Gasteiger partial charge in [0.2, 0.25) is 0 Å². The third-order valence-corrected chi connectivity index (χ3v) is 4.79. The maximum absolute atomic E-state index is 6.12. The van der Waals surface area contributed by atoms with Crippen LogP contribution in [0.3, 0.4) is 0 Å². The van der Waals surface area contributed by atoms with Crippen molar-refractivity contribution in [1.29, 1.82) is 0 Å². The molecule has 2 fully saturated rings. The van der Waals surface area contributed by atoms with Crippen molar-refractivity contribution < 1.29 is 4.74 Å². The molecule has 1 saturated carbocycles. The van der Waals surface area contributed by atoms with Crippen molar-refractivity contribution in [3.8, 4) is 0 Å². The Kier molecular flexibility index (Phi) is 3.33. The first-order valence-electron chi connectivity index (χ1n) is 6.81. The van der Waals surface area contributed by atoms with Crippen molar-refractivity contribution in [3.63, 3.8) is 0 Å². The number of ether oxygens (including phenoxy) is 1. The zero-order chi connectivity index (χ0) is 11.8. The molecule has 1 unspecified atom stereocenters. The van der Waals surface area contributed by atoms with Crippen molar-refractivity contribution in [2.45, 2.75) is 65.0 Å². The van der Waals surface area contributed by atoms with Crippen LogP contribution in [0.25, 0.3) is 0 Å². The fourth-order valence-electron chi connectivity index (χ4n) is 3.39. The number of hydrogen-bond donors (Lipinski definition) is 1. The van der Waals surface area contributed by atoms with E-state index in [9.17, 15) is 0 Å². The maximum atomic E-state index is 6.12. The molecule has 0 aromatic carbocycles. The second-order valence-electron chi connectivity index (χ2n) is 6.73. The lowest BCUT2D eigenvalue weighted by Gasteiger charge is -2.49. The molecule has 1 saturated heterocycles. The number of rotatable bonds is 0. The average Bonchev–Trinajstić information content (AvgIpc) is 2.22. The van der Waals surface area contributed by atoms with Gasteiger partial charge in [0.05, 0.1) is 12.2 Å². The zero-order valence-electron chi connectivity index (χ0n) is 11.3. The molecular formula is C14H27NO. The molecule has 0 aromatic heterocycles. The summed E-state index contributed by atoms with van der Waals surface area (Å²) in [6, 6.07) is 0.530. The van der Waals surface area contributed by atoms with E-state index in [4.69, 9.17) is 4.74 Å². The fourth-order valence-corrected chi connectivity index (χ4v) is 3.39. The monoisotopic (exact) mass is 225 g/mol. The summed E-state index contributed by atoms with van der Waals surface area (Å²) in [5.74, 6) is 0.871. The molecule has 1 N–H and O–H groups in total. The summed E-state index contributed by atoms with van der Waals surface area (Å²) in [6.45, 7) is 11.3. The SMILES string of the molecule is CC1NCCOC12CCC(C(C)(C)C)CC2. The molecule has 16 heavy (non-hydrogen) atoms. The first kappa shape index (κ1) is 12.4. The van der Waals surface area contributed by atoms with E-state index in [-0.39, 0.29) is 5.60 Å². The molecular weight excluding hydrogens is 198 g/mol. The summed E-state index contributed by atoms with van der Waals surface area (Å²) in [6.07, 6.45) is 5.14. The van der Waals surface area contributed by atoms with Crippen LogP contribution in [-0.2, 0) is 4.74 Å². The lowest BCUT2D eigenvalue weighted by molar-refractivity contribution is -0.125. The van der Waals surface area contributed by atoms with Gasteiger partial charge in [-0.25, -0.2) is 0 Å². The van der Waals surface area contributed by atoms with Crippen molar-refractivity contribution in [2.75, 3.05) is 13.2 Å². The van der Waals surface area contributed by atoms with Gasteiger partial charge in [0.1, 0.15) is 0 Å². The van der Waals surface area contributed by atoms with Gasteiger partial charge in [-0.05, 0) is 43.9 Å². The Hall–Kier alpha value is -0.0800. The second-order valence-corrected chi connectivity index (χ2v) is 6.73. The van der Waals surface area contributed by atoms with E-state index in [1.54, 1.807) is 0 Å². The van der Waals surface area contributed by atoms with Gasteiger partial charge in [-0.2, -0.15) is 0 Å². The summed E-state index contributed by atoms with van der Waals surface area (Å²) in [5.41, 5.74) is 0.618. The molecule has 2 heteroatoms. The molecule has 1 atom stereocenters. The minimum absolute atomic E-state index is 0.153. The van der Waals surface area contributed by atoms with E-state index >= 15 is 0 Å². The molecule has 1 heterocycles. The third kappa shape index (κ3) is 2.28. The smallest absolute Gasteiger partial charge is 0.0832 e. The lowest BCUT2D eigenvalue weighted by Crippen LogP contribution is -2.58. The predicted molar refractivity (Wildman–Crippen MR) is 67.6 cm³/mol. The Morgan fingerprint density at radius 3 is 2.31 bits per heavy atom. The summed E-state index contributed by atoms with van der Waals surface area (Å²) in [7, 11) is 0. The van der Waals surface area contributed by atoms with Crippen LogP contribution in [0.2, 0.25) is 0 Å². The summed E-state index contributed by atoms with van der Waals surface area (Å²) >= 11 is 0. The van der Waals surface area contributed by atoms with Gasteiger partial charge in [-0.3, -0.25) is 0 Å². The Labute approximate surface area is 100 Å². The Morgan fingerprint density at radius 1 is 1.19 bits per heavy atom. The van der Waals surface area contributed by atoms with Crippen LogP contribution < -0.4 is 5.32 Å². The van der Waals surface area contributed by atoms with Gasteiger partial charge < -0.3 is 10.1 Å². The van der Waals surface area contributed by atoms with Crippen molar-refractivity contribution in [3.05, 3.63) is 0 Å². The van der Waals surface area contributed by atoms with Gasteiger partial charge in [0, 0.05) is 12.6 Å². The normalized spacial score (nSPS) is 41.2. The first-order chi connectivity index (χ1) is 7.44. The number of nitrogens with one attached hydrogen (secondary N) is 1. The molecule has 0 aromatic rings. The molecule has 2 nitrogen and oxygen atoms in total. The first-order valence-corrected chi connectivity index (χ1v) is 6.81. The van der Waals surface area contributed by atoms with Crippen LogP contribution in [0.4, 0.5) is 0 Å². The highest BCUT2D eigenvalue weighted by atomic mass is 16.5. The quantitative estimate of drug-likeness (QED) is 0.684. The third-order valence-electron chi connectivity index (χ3n) is 4.79. The van der Waals surface area contributed by atoms with E-state index in [1.807, 2.05) is 0 Å². The molecule has 94 valence electrons. The highest BCUT2D eigenvalue weighted by Gasteiger charge is 2.44. The van der Waals surface area contributed by atoms with E-state index < -0.39 is 0 Å². The minimum atomic E-state index is 0.153.